The second-order valence-corrected chi connectivity index (χ2v) is 7.96. The first kappa shape index (κ1) is 16.0. The lowest BCUT2D eigenvalue weighted by Gasteiger charge is -2.04. The highest BCUT2D eigenvalue weighted by Crippen LogP contribution is 2.34. The minimum atomic E-state index is -0.105. The fraction of sp³-hybridized carbons (Fsp3) is 0.176. The summed E-state index contributed by atoms with van der Waals surface area (Å²) in [6.45, 7) is 0. The van der Waals surface area contributed by atoms with E-state index in [0.717, 1.165) is 32.9 Å². The summed E-state index contributed by atoms with van der Waals surface area (Å²) in [5.74, 6) is 0.656. The van der Waals surface area contributed by atoms with E-state index in [9.17, 15) is 4.79 Å². The van der Waals surface area contributed by atoms with Crippen LogP contribution in [0.15, 0.2) is 58.0 Å². The first-order valence-electron chi connectivity index (χ1n) is 7.85. The molecule has 4 rings (SSSR count). The van der Waals surface area contributed by atoms with Gasteiger partial charge in [-0.3, -0.25) is 9.78 Å². The van der Waals surface area contributed by atoms with Gasteiger partial charge in [0.15, 0.2) is 5.13 Å². The van der Waals surface area contributed by atoms with E-state index in [-0.39, 0.29) is 5.91 Å². The number of rotatable bonds is 6. The highest BCUT2D eigenvalue weighted by Gasteiger charge is 2.24. The van der Waals surface area contributed by atoms with Crippen LogP contribution in [-0.4, -0.2) is 26.9 Å². The van der Waals surface area contributed by atoms with Gasteiger partial charge in [0.1, 0.15) is 11.5 Å². The summed E-state index contributed by atoms with van der Waals surface area (Å²) < 4.78 is 1.03. The van der Waals surface area contributed by atoms with Crippen LogP contribution in [0.5, 0.6) is 0 Å². The number of pyridine rings is 2. The number of anilines is 2. The van der Waals surface area contributed by atoms with Gasteiger partial charge < -0.3 is 10.6 Å². The van der Waals surface area contributed by atoms with Crippen molar-refractivity contribution in [1.82, 2.24) is 20.3 Å². The van der Waals surface area contributed by atoms with Gasteiger partial charge >= 0.3 is 0 Å². The molecule has 0 radical (unpaired) electrons. The Balaban J connectivity index is 1.42. The van der Waals surface area contributed by atoms with Crippen LogP contribution >= 0.6 is 23.1 Å². The summed E-state index contributed by atoms with van der Waals surface area (Å²) in [4.78, 5) is 25.8. The van der Waals surface area contributed by atoms with Gasteiger partial charge in [0.25, 0.3) is 5.91 Å². The summed E-state index contributed by atoms with van der Waals surface area (Å²) in [5, 5.41) is 6.91. The molecule has 3 aromatic heterocycles. The van der Waals surface area contributed by atoms with Crippen molar-refractivity contribution in [3.63, 3.8) is 0 Å². The van der Waals surface area contributed by atoms with Gasteiger partial charge in [-0.2, -0.15) is 0 Å². The third-order valence-electron chi connectivity index (χ3n) is 3.48. The van der Waals surface area contributed by atoms with Crippen LogP contribution in [0.1, 0.15) is 23.3 Å². The topological polar surface area (TPSA) is 79.8 Å². The normalized spacial score (nSPS) is 13.4. The Labute approximate surface area is 153 Å². The lowest BCUT2D eigenvalue weighted by molar-refractivity contribution is 0.0946. The van der Waals surface area contributed by atoms with Crippen molar-refractivity contribution in [2.75, 3.05) is 5.32 Å². The van der Waals surface area contributed by atoms with E-state index < -0.39 is 0 Å². The summed E-state index contributed by atoms with van der Waals surface area (Å²) in [5.41, 5.74) is 0.452. The Morgan fingerprint density at radius 3 is 2.88 bits per heavy atom. The Kier molecular flexibility index (Phi) is 4.62. The SMILES string of the molecule is O=C(NC1CC1)c1cc(Sc2cnc(Nc3ccccn3)s2)ccn1. The molecule has 0 spiro atoms. The number of aromatic nitrogens is 3. The molecule has 1 fully saturated rings. The molecule has 0 bridgehead atoms. The van der Waals surface area contributed by atoms with E-state index in [1.165, 1.54) is 11.3 Å². The molecule has 8 heteroatoms. The second-order valence-electron chi connectivity index (χ2n) is 5.55. The van der Waals surface area contributed by atoms with Crippen molar-refractivity contribution in [2.45, 2.75) is 28.0 Å². The van der Waals surface area contributed by atoms with Crippen molar-refractivity contribution in [3.05, 3.63) is 54.6 Å². The number of thiazole rings is 1. The largest absolute Gasteiger partial charge is 0.348 e. The highest BCUT2D eigenvalue weighted by atomic mass is 32.2. The average Bonchev–Trinajstić information content (AvgIpc) is 3.34. The molecule has 0 aromatic carbocycles. The number of carbonyl (C=O) groups excluding carboxylic acids is 1. The smallest absolute Gasteiger partial charge is 0.270 e. The minimum absolute atomic E-state index is 0.105. The Morgan fingerprint density at radius 2 is 2.08 bits per heavy atom. The molecule has 0 saturated heterocycles. The zero-order chi connectivity index (χ0) is 17.1. The molecule has 0 aliphatic heterocycles. The average molecular weight is 369 g/mol. The van der Waals surface area contributed by atoms with E-state index in [2.05, 4.69) is 25.6 Å². The fourth-order valence-corrected chi connectivity index (χ4v) is 4.00. The minimum Gasteiger partial charge on any atom is -0.348 e. The van der Waals surface area contributed by atoms with Crippen LogP contribution in [0.2, 0.25) is 0 Å². The molecular formula is C17H15N5OS2. The molecule has 1 amide bonds. The molecule has 6 nitrogen and oxygen atoms in total. The lowest BCUT2D eigenvalue weighted by Crippen LogP contribution is -2.26. The third-order valence-corrected chi connectivity index (χ3v) is 5.48. The van der Waals surface area contributed by atoms with E-state index in [0.29, 0.717) is 11.7 Å². The number of amides is 1. The van der Waals surface area contributed by atoms with Gasteiger partial charge in [0.2, 0.25) is 0 Å². The zero-order valence-corrected chi connectivity index (χ0v) is 14.8. The summed E-state index contributed by atoms with van der Waals surface area (Å²) >= 11 is 3.10. The lowest BCUT2D eigenvalue weighted by atomic mass is 10.3. The van der Waals surface area contributed by atoms with Gasteiger partial charge in [0.05, 0.1) is 10.4 Å². The number of nitrogens with zero attached hydrogens (tertiary/aromatic N) is 3. The van der Waals surface area contributed by atoms with Gasteiger partial charge in [-0.1, -0.05) is 29.2 Å². The van der Waals surface area contributed by atoms with Crippen LogP contribution in [0.25, 0.3) is 0 Å². The molecule has 1 saturated carbocycles. The number of nitrogens with one attached hydrogen (secondary N) is 2. The van der Waals surface area contributed by atoms with Gasteiger partial charge in [0, 0.05) is 23.3 Å². The molecule has 0 unspecified atom stereocenters. The molecule has 2 N–H and O–H groups in total. The maximum absolute atomic E-state index is 12.1. The van der Waals surface area contributed by atoms with Crippen molar-refractivity contribution in [2.24, 2.45) is 0 Å². The standard InChI is InChI=1S/C17H15N5OS2/c23-16(21-11-4-5-11)13-9-12(6-8-18-13)24-15-10-20-17(25-15)22-14-3-1-2-7-19-14/h1-3,6-11H,4-5H2,(H,21,23)(H,19,20,22). The molecular weight excluding hydrogens is 354 g/mol. The van der Waals surface area contributed by atoms with Crippen molar-refractivity contribution >= 4 is 40.0 Å². The summed E-state index contributed by atoms with van der Waals surface area (Å²) in [6.07, 6.45) is 7.33. The maximum atomic E-state index is 12.1. The third kappa shape index (κ3) is 4.34. The Hall–Kier alpha value is -2.45. The van der Waals surface area contributed by atoms with Crippen molar-refractivity contribution in [1.29, 1.82) is 0 Å². The maximum Gasteiger partial charge on any atom is 0.270 e. The van der Waals surface area contributed by atoms with Gasteiger partial charge in [-0.25, -0.2) is 9.97 Å². The predicted octanol–water partition coefficient (Wildman–Crippen LogP) is 3.72. The summed E-state index contributed by atoms with van der Waals surface area (Å²) in [7, 11) is 0. The van der Waals surface area contributed by atoms with Gasteiger partial charge in [-0.15, -0.1) is 0 Å². The van der Waals surface area contributed by atoms with Crippen molar-refractivity contribution < 1.29 is 4.79 Å². The van der Waals surface area contributed by atoms with Crippen molar-refractivity contribution in [3.8, 4) is 0 Å². The van der Waals surface area contributed by atoms with Crippen LogP contribution in [0.4, 0.5) is 10.9 Å². The van der Waals surface area contributed by atoms with E-state index in [1.54, 1.807) is 24.2 Å². The number of carbonyl (C=O) groups is 1. The molecule has 126 valence electrons. The molecule has 1 aliphatic rings. The Morgan fingerprint density at radius 1 is 1.16 bits per heavy atom. The fourth-order valence-electron chi connectivity index (χ4n) is 2.11. The Bertz CT molecular complexity index is 880. The van der Waals surface area contributed by atoms with E-state index in [1.807, 2.05) is 36.5 Å². The quantitative estimate of drug-likeness (QED) is 0.689. The second kappa shape index (κ2) is 7.20. The van der Waals surface area contributed by atoms with E-state index >= 15 is 0 Å². The predicted molar refractivity (Wildman–Crippen MR) is 98.5 cm³/mol. The number of hydrogen-bond acceptors (Lipinski definition) is 7. The van der Waals surface area contributed by atoms with Crippen LogP contribution in [0, 0.1) is 0 Å². The number of hydrogen-bond donors (Lipinski definition) is 2. The molecule has 3 heterocycles. The highest BCUT2D eigenvalue weighted by molar-refractivity contribution is 8.01. The van der Waals surface area contributed by atoms with E-state index in [4.69, 9.17) is 0 Å². The molecule has 25 heavy (non-hydrogen) atoms. The first-order valence-corrected chi connectivity index (χ1v) is 9.48. The molecule has 0 atom stereocenters. The molecule has 3 aromatic rings. The monoisotopic (exact) mass is 369 g/mol. The van der Waals surface area contributed by atoms with Crippen LogP contribution in [-0.2, 0) is 0 Å². The van der Waals surface area contributed by atoms with Crippen LogP contribution < -0.4 is 10.6 Å². The zero-order valence-electron chi connectivity index (χ0n) is 13.2. The van der Waals surface area contributed by atoms with Crippen LogP contribution in [0.3, 0.4) is 0 Å². The summed E-state index contributed by atoms with van der Waals surface area (Å²) in [6, 6.07) is 9.71. The first-order chi connectivity index (χ1) is 12.3. The molecule has 1 aliphatic carbocycles. The van der Waals surface area contributed by atoms with Gasteiger partial charge in [-0.05, 0) is 37.1 Å².